The van der Waals surface area contributed by atoms with Crippen LogP contribution < -0.4 is 10.6 Å². The summed E-state index contributed by atoms with van der Waals surface area (Å²) >= 11 is 0. The van der Waals surface area contributed by atoms with Crippen LogP contribution in [-0.4, -0.2) is 27.4 Å². The van der Waals surface area contributed by atoms with Gasteiger partial charge < -0.3 is 10.6 Å². The summed E-state index contributed by atoms with van der Waals surface area (Å²) in [5.74, 6) is 1.72. The lowest BCUT2D eigenvalue weighted by atomic mass is 10.1. The summed E-state index contributed by atoms with van der Waals surface area (Å²) in [6.45, 7) is 7.11. The summed E-state index contributed by atoms with van der Waals surface area (Å²) in [7, 11) is 3.79. The van der Waals surface area contributed by atoms with E-state index in [9.17, 15) is 0 Å². The van der Waals surface area contributed by atoms with E-state index in [2.05, 4.69) is 41.6 Å². The first-order valence-corrected chi connectivity index (χ1v) is 4.75. The van der Waals surface area contributed by atoms with E-state index in [-0.39, 0.29) is 5.54 Å². The van der Waals surface area contributed by atoms with Crippen molar-refractivity contribution in [3.63, 3.8) is 0 Å². The largest absolute Gasteiger partial charge is 0.357 e. The van der Waals surface area contributed by atoms with Gasteiger partial charge in [0.05, 0.1) is 6.54 Å². The Bertz CT molecular complexity index is 297. The second-order valence-corrected chi connectivity index (χ2v) is 4.35. The maximum Gasteiger partial charge on any atom is 0.224 e. The van der Waals surface area contributed by atoms with Crippen molar-refractivity contribution in [2.45, 2.75) is 32.9 Å². The molecule has 0 saturated heterocycles. The summed E-state index contributed by atoms with van der Waals surface area (Å²) in [6.07, 6.45) is 0. The molecule has 0 aliphatic carbocycles. The molecular weight excluding hydrogens is 178 g/mol. The fraction of sp³-hybridized carbons (Fsp3) is 0.778. The van der Waals surface area contributed by atoms with Gasteiger partial charge in [0.2, 0.25) is 5.95 Å². The van der Waals surface area contributed by atoms with Gasteiger partial charge in [-0.3, -0.25) is 4.57 Å². The van der Waals surface area contributed by atoms with Crippen LogP contribution in [0.15, 0.2) is 0 Å². The molecule has 0 amide bonds. The summed E-state index contributed by atoms with van der Waals surface area (Å²) in [6, 6.07) is 0. The average molecular weight is 197 g/mol. The average Bonchev–Trinajstić information content (AvgIpc) is 2.42. The summed E-state index contributed by atoms with van der Waals surface area (Å²) in [4.78, 5) is 0. The van der Waals surface area contributed by atoms with Crippen molar-refractivity contribution in [3.05, 3.63) is 5.82 Å². The van der Waals surface area contributed by atoms with Gasteiger partial charge in [0.25, 0.3) is 0 Å². The number of hydrogen-bond donors (Lipinski definition) is 2. The van der Waals surface area contributed by atoms with E-state index in [0.717, 1.165) is 18.3 Å². The summed E-state index contributed by atoms with van der Waals surface area (Å²) < 4.78 is 1.94. The molecule has 0 saturated carbocycles. The van der Waals surface area contributed by atoms with Crippen molar-refractivity contribution in [2.75, 3.05) is 12.4 Å². The van der Waals surface area contributed by atoms with Crippen LogP contribution in [0.5, 0.6) is 0 Å². The Balaban J connectivity index is 2.64. The number of rotatable bonds is 3. The number of hydrogen-bond acceptors (Lipinski definition) is 4. The number of aromatic nitrogens is 3. The minimum atomic E-state index is 0.103. The number of nitrogens with zero attached hydrogens (tertiary/aromatic N) is 3. The predicted octanol–water partition coefficient (Wildman–Crippen LogP) is 0.745. The number of anilines is 1. The molecule has 0 unspecified atom stereocenters. The van der Waals surface area contributed by atoms with Gasteiger partial charge in [-0.2, -0.15) is 0 Å². The van der Waals surface area contributed by atoms with Gasteiger partial charge in [-0.05, 0) is 20.8 Å². The lowest BCUT2D eigenvalue weighted by molar-refractivity contribution is 0.414. The lowest BCUT2D eigenvalue weighted by Crippen LogP contribution is -2.35. The molecule has 0 atom stereocenters. The van der Waals surface area contributed by atoms with Crippen LogP contribution in [0.25, 0.3) is 0 Å². The van der Waals surface area contributed by atoms with Crippen LogP contribution in [0, 0.1) is 0 Å². The zero-order valence-electron chi connectivity index (χ0n) is 9.55. The van der Waals surface area contributed by atoms with Crippen molar-refractivity contribution >= 4 is 5.95 Å². The van der Waals surface area contributed by atoms with E-state index in [1.165, 1.54) is 0 Å². The van der Waals surface area contributed by atoms with Crippen molar-refractivity contribution in [1.82, 2.24) is 20.1 Å². The molecule has 0 spiro atoms. The summed E-state index contributed by atoms with van der Waals surface area (Å²) in [5.41, 5.74) is 0.103. The first-order chi connectivity index (χ1) is 6.44. The highest BCUT2D eigenvalue weighted by Crippen LogP contribution is 2.05. The maximum atomic E-state index is 4.08. The van der Waals surface area contributed by atoms with Gasteiger partial charge in [-0.1, -0.05) is 0 Å². The van der Waals surface area contributed by atoms with E-state index in [0.29, 0.717) is 0 Å². The lowest BCUT2D eigenvalue weighted by Gasteiger charge is -2.19. The topological polar surface area (TPSA) is 54.8 Å². The molecule has 0 aromatic carbocycles. The second kappa shape index (κ2) is 3.96. The monoisotopic (exact) mass is 197 g/mol. The summed E-state index contributed by atoms with van der Waals surface area (Å²) in [5, 5.41) is 14.4. The molecule has 5 nitrogen and oxygen atoms in total. The van der Waals surface area contributed by atoms with Crippen LogP contribution in [0.2, 0.25) is 0 Å². The van der Waals surface area contributed by atoms with Gasteiger partial charge in [0.1, 0.15) is 5.82 Å². The quantitative estimate of drug-likeness (QED) is 0.750. The van der Waals surface area contributed by atoms with E-state index in [4.69, 9.17) is 0 Å². The third kappa shape index (κ3) is 2.70. The third-order valence-electron chi connectivity index (χ3n) is 1.97. The van der Waals surface area contributed by atoms with E-state index in [1.54, 1.807) is 0 Å². The molecule has 0 aliphatic heterocycles. The first-order valence-electron chi connectivity index (χ1n) is 4.75. The van der Waals surface area contributed by atoms with Gasteiger partial charge in [-0.25, -0.2) is 0 Å². The molecule has 0 radical (unpaired) electrons. The Kier molecular flexibility index (Phi) is 3.10. The highest BCUT2D eigenvalue weighted by Gasteiger charge is 2.12. The smallest absolute Gasteiger partial charge is 0.224 e. The fourth-order valence-corrected chi connectivity index (χ4v) is 1.08. The molecule has 14 heavy (non-hydrogen) atoms. The van der Waals surface area contributed by atoms with Crippen molar-refractivity contribution in [3.8, 4) is 0 Å². The molecule has 1 aromatic heterocycles. The normalized spacial score (nSPS) is 11.8. The van der Waals surface area contributed by atoms with Crippen molar-refractivity contribution in [2.24, 2.45) is 7.05 Å². The van der Waals surface area contributed by atoms with E-state index >= 15 is 0 Å². The van der Waals surface area contributed by atoms with Crippen LogP contribution in [-0.2, 0) is 13.6 Å². The van der Waals surface area contributed by atoms with Gasteiger partial charge in [0, 0.05) is 19.6 Å². The Morgan fingerprint density at radius 1 is 1.29 bits per heavy atom. The zero-order chi connectivity index (χ0) is 10.8. The van der Waals surface area contributed by atoms with E-state index in [1.807, 2.05) is 18.7 Å². The second-order valence-electron chi connectivity index (χ2n) is 4.35. The molecule has 2 N–H and O–H groups in total. The predicted molar refractivity (Wildman–Crippen MR) is 57.1 cm³/mol. The van der Waals surface area contributed by atoms with Crippen LogP contribution >= 0.6 is 0 Å². The molecule has 0 bridgehead atoms. The molecule has 80 valence electrons. The number of nitrogens with one attached hydrogen (secondary N) is 2. The molecule has 1 aromatic rings. The Morgan fingerprint density at radius 2 is 1.93 bits per heavy atom. The first kappa shape index (κ1) is 11.0. The van der Waals surface area contributed by atoms with Gasteiger partial charge in [0.15, 0.2) is 0 Å². The van der Waals surface area contributed by atoms with Crippen LogP contribution in [0.3, 0.4) is 0 Å². The van der Waals surface area contributed by atoms with Gasteiger partial charge >= 0.3 is 0 Å². The Morgan fingerprint density at radius 3 is 2.36 bits per heavy atom. The molecular formula is C9H19N5. The molecule has 1 rings (SSSR count). The van der Waals surface area contributed by atoms with E-state index < -0.39 is 0 Å². The fourth-order valence-electron chi connectivity index (χ4n) is 1.08. The minimum Gasteiger partial charge on any atom is -0.357 e. The standard InChI is InChI=1S/C9H19N5/c1-9(2,3)11-6-7-12-13-8(10-4)14(7)5/h11H,6H2,1-5H3,(H,10,13). The highest BCUT2D eigenvalue weighted by molar-refractivity contribution is 5.23. The van der Waals surface area contributed by atoms with Crippen LogP contribution in [0.4, 0.5) is 5.95 Å². The molecule has 0 fully saturated rings. The molecule has 0 aliphatic rings. The molecule has 1 heterocycles. The molecule has 5 heteroatoms. The SMILES string of the molecule is CNc1nnc(CNC(C)(C)C)n1C. The Labute approximate surface area is 84.9 Å². The van der Waals surface area contributed by atoms with Crippen molar-refractivity contribution in [1.29, 1.82) is 0 Å². The maximum absolute atomic E-state index is 4.08. The van der Waals surface area contributed by atoms with Gasteiger partial charge in [-0.15, -0.1) is 10.2 Å². The minimum absolute atomic E-state index is 0.103. The van der Waals surface area contributed by atoms with Crippen molar-refractivity contribution < 1.29 is 0 Å². The Hall–Kier alpha value is -1.10. The zero-order valence-corrected chi connectivity index (χ0v) is 9.55. The third-order valence-corrected chi connectivity index (χ3v) is 1.97. The highest BCUT2D eigenvalue weighted by atomic mass is 15.3. The van der Waals surface area contributed by atoms with Crippen LogP contribution in [0.1, 0.15) is 26.6 Å².